The molecule has 1 unspecified atom stereocenters. The Balaban J connectivity index is 1.97. The van der Waals surface area contributed by atoms with Crippen LogP contribution in [0, 0.1) is 0 Å². The number of hydrogen-bond acceptors (Lipinski definition) is 3. The highest BCUT2D eigenvalue weighted by molar-refractivity contribution is 6.14. The summed E-state index contributed by atoms with van der Waals surface area (Å²) in [6.45, 7) is 0. The molecule has 5 heteroatoms. The molecule has 1 aromatic carbocycles. The largest absolute Gasteiger partial charge is 0.331 e. The molecule has 2 aliphatic rings. The van der Waals surface area contributed by atoms with E-state index in [-0.39, 0.29) is 12.5 Å². The van der Waals surface area contributed by atoms with Crippen LogP contribution in [0.3, 0.4) is 0 Å². The van der Waals surface area contributed by atoms with Crippen molar-refractivity contribution in [3.05, 3.63) is 35.4 Å². The van der Waals surface area contributed by atoms with E-state index < -0.39 is 17.8 Å². The van der Waals surface area contributed by atoms with Gasteiger partial charge in [0, 0.05) is 0 Å². The predicted molar refractivity (Wildman–Crippen MR) is 67.1 cm³/mol. The van der Waals surface area contributed by atoms with Crippen LogP contribution in [0.25, 0.3) is 0 Å². The van der Waals surface area contributed by atoms with Gasteiger partial charge in [-0.15, -0.1) is 0 Å². The van der Waals surface area contributed by atoms with E-state index in [0.717, 1.165) is 24.8 Å². The van der Waals surface area contributed by atoms with Crippen LogP contribution in [-0.2, 0) is 16.0 Å². The number of barbiturate groups is 1. The van der Waals surface area contributed by atoms with E-state index in [1.54, 1.807) is 0 Å². The number of hydrogen-bond donors (Lipinski definition) is 1. The highest BCUT2D eigenvalue weighted by Crippen LogP contribution is 2.35. The molecule has 1 N–H and O–H groups in total. The second-order valence-electron chi connectivity index (χ2n) is 4.90. The first-order valence-corrected chi connectivity index (χ1v) is 6.40. The zero-order chi connectivity index (χ0) is 13.4. The summed E-state index contributed by atoms with van der Waals surface area (Å²) in [5.74, 6) is -0.925. The van der Waals surface area contributed by atoms with Crippen LogP contribution in [0.5, 0.6) is 0 Å². The molecule has 1 heterocycles. The van der Waals surface area contributed by atoms with Gasteiger partial charge in [0.05, 0.1) is 6.04 Å². The molecule has 1 saturated heterocycles. The van der Waals surface area contributed by atoms with E-state index in [9.17, 15) is 14.4 Å². The van der Waals surface area contributed by atoms with Gasteiger partial charge in [-0.1, -0.05) is 24.3 Å². The number of nitrogens with zero attached hydrogens (tertiary/aromatic N) is 1. The van der Waals surface area contributed by atoms with E-state index in [0.29, 0.717) is 0 Å². The molecule has 0 radical (unpaired) electrons. The summed E-state index contributed by atoms with van der Waals surface area (Å²) in [4.78, 5) is 36.3. The second-order valence-corrected chi connectivity index (χ2v) is 4.90. The summed E-state index contributed by atoms with van der Waals surface area (Å²) in [5, 5.41) is 2.22. The number of amides is 4. The van der Waals surface area contributed by atoms with Crippen molar-refractivity contribution in [1.29, 1.82) is 0 Å². The highest BCUT2D eigenvalue weighted by atomic mass is 16.2. The Hall–Kier alpha value is -2.17. The van der Waals surface area contributed by atoms with Gasteiger partial charge in [0.25, 0.3) is 0 Å². The topological polar surface area (TPSA) is 66.5 Å². The van der Waals surface area contributed by atoms with Gasteiger partial charge in [0.2, 0.25) is 11.8 Å². The Morgan fingerprint density at radius 1 is 1.16 bits per heavy atom. The van der Waals surface area contributed by atoms with E-state index in [1.807, 2.05) is 24.3 Å². The Morgan fingerprint density at radius 2 is 1.95 bits per heavy atom. The maximum atomic E-state index is 12.0. The van der Waals surface area contributed by atoms with Gasteiger partial charge in [-0.25, -0.2) is 4.79 Å². The Morgan fingerprint density at radius 3 is 2.74 bits per heavy atom. The van der Waals surface area contributed by atoms with E-state index >= 15 is 0 Å². The van der Waals surface area contributed by atoms with Crippen LogP contribution in [0.4, 0.5) is 4.79 Å². The number of urea groups is 1. The fraction of sp³-hybridized carbons (Fsp3) is 0.357. The molecule has 1 fully saturated rings. The van der Waals surface area contributed by atoms with Gasteiger partial charge >= 0.3 is 6.03 Å². The molecule has 98 valence electrons. The van der Waals surface area contributed by atoms with Crippen molar-refractivity contribution in [1.82, 2.24) is 10.2 Å². The smallest absolute Gasteiger partial charge is 0.277 e. The third-order valence-electron chi connectivity index (χ3n) is 3.70. The molecule has 3 rings (SSSR count). The Bertz CT molecular complexity index is 548. The summed E-state index contributed by atoms with van der Waals surface area (Å²) in [5.41, 5.74) is 2.20. The maximum absolute atomic E-state index is 12.0. The minimum atomic E-state index is -0.594. The number of carbonyl (C=O) groups is 3. The SMILES string of the molecule is O=C1CC(=O)N(C2CCCc3ccccc32)C(=O)N1. The number of rotatable bonds is 1. The van der Waals surface area contributed by atoms with Crippen molar-refractivity contribution in [2.45, 2.75) is 31.7 Å². The molecule has 0 saturated carbocycles. The van der Waals surface area contributed by atoms with E-state index in [1.165, 1.54) is 10.5 Å². The summed E-state index contributed by atoms with van der Waals surface area (Å²) in [7, 11) is 0. The van der Waals surface area contributed by atoms with Crippen molar-refractivity contribution < 1.29 is 14.4 Å². The molecule has 1 aromatic rings. The average Bonchev–Trinajstić information content (AvgIpc) is 2.38. The average molecular weight is 258 g/mol. The van der Waals surface area contributed by atoms with Crippen LogP contribution < -0.4 is 5.32 Å². The lowest BCUT2D eigenvalue weighted by atomic mass is 9.86. The summed E-state index contributed by atoms with van der Waals surface area (Å²) < 4.78 is 0. The maximum Gasteiger partial charge on any atom is 0.331 e. The Labute approximate surface area is 110 Å². The van der Waals surface area contributed by atoms with Gasteiger partial charge in [-0.2, -0.15) is 0 Å². The van der Waals surface area contributed by atoms with Gasteiger partial charge < -0.3 is 0 Å². The lowest BCUT2D eigenvalue weighted by Crippen LogP contribution is -2.54. The number of carbonyl (C=O) groups excluding carboxylic acids is 3. The highest BCUT2D eigenvalue weighted by Gasteiger charge is 2.38. The monoisotopic (exact) mass is 258 g/mol. The molecule has 1 aliphatic heterocycles. The number of fused-ring (bicyclic) bond motifs is 1. The van der Waals surface area contributed by atoms with Crippen LogP contribution in [0.2, 0.25) is 0 Å². The number of imide groups is 2. The molecule has 1 atom stereocenters. The van der Waals surface area contributed by atoms with Gasteiger partial charge in [-0.05, 0) is 30.4 Å². The molecule has 0 spiro atoms. The number of nitrogens with one attached hydrogen (secondary N) is 1. The fourth-order valence-corrected chi connectivity index (χ4v) is 2.87. The standard InChI is InChI=1S/C14H14N2O3/c17-12-8-13(18)16(14(19)15-12)11-7-3-5-9-4-1-2-6-10(9)11/h1-2,4,6,11H,3,5,7-8H2,(H,15,17,19). The molecule has 1 aliphatic carbocycles. The number of benzene rings is 1. The first-order chi connectivity index (χ1) is 9.16. The molecule has 19 heavy (non-hydrogen) atoms. The predicted octanol–water partition coefficient (Wildman–Crippen LogP) is 1.53. The summed E-state index contributed by atoms with van der Waals surface area (Å²) >= 11 is 0. The molecule has 5 nitrogen and oxygen atoms in total. The second kappa shape index (κ2) is 4.50. The lowest BCUT2D eigenvalue weighted by Gasteiger charge is -2.36. The first kappa shape index (κ1) is 11.9. The molecule has 0 aromatic heterocycles. The van der Waals surface area contributed by atoms with Gasteiger partial charge in [0.15, 0.2) is 0 Å². The van der Waals surface area contributed by atoms with Crippen molar-refractivity contribution >= 4 is 17.8 Å². The van der Waals surface area contributed by atoms with Crippen LogP contribution in [0.15, 0.2) is 24.3 Å². The van der Waals surface area contributed by atoms with Gasteiger partial charge in [-0.3, -0.25) is 19.8 Å². The van der Waals surface area contributed by atoms with Gasteiger partial charge in [0.1, 0.15) is 6.42 Å². The molecule has 0 bridgehead atoms. The normalized spacial score (nSPS) is 23.1. The minimum Gasteiger partial charge on any atom is -0.277 e. The van der Waals surface area contributed by atoms with E-state index in [2.05, 4.69) is 5.32 Å². The lowest BCUT2D eigenvalue weighted by molar-refractivity contribution is -0.138. The minimum absolute atomic E-state index is 0.245. The zero-order valence-corrected chi connectivity index (χ0v) is 10.4. The van der Waals surface area contributed by atoms with Crippen molar-refractivity contribution in [3.8, 4) is 0 Å². The van der Waals surface area contributed by atoms with Crippen LogP contribution in [-0.4, -0.2) is 22.7 Å². The van der Waals surface area contributed by atoms with E-state index in [4.69, 9.17) is 0 Å². The molecule has 4 amide bonds. The summed E-state index contributed by atoms with van der Waals surface area (Å²) in [6, 6.07) is 7.01. The first-order valence-electron chi connectivity index (χ1n) is 6.40. The molecular weight excluding hydrogens is 244 g/mol. The van der Waals surface area contributed by atoms with Crippen molar-refractivity contribution in [3.63, 3.8) is 0 Å². The summed E-state index contributed by atoms with van der Waals surface area (Å²) in [6.07, 6.45) is 2.41. The third kappa shape index (κ3) is 2.01. The molecular formula is C14H14N2O3. The van der Waals surface area contributed by atoms with Crippen molar-refractivity contribution in [2.75, 3.05) is 0 Å². The zero-order valence-electron chi connectivity index (χ0n) is 10.4. The third-order valence-corrected chi connectivity index (χ3v) is 3.70. The van der Waals surface area contributed by atoms with Crippen LogP contribution in [0.1, 0.15) is 36.4 Å². The Kier molecular flexibility index (Phi) is 2.81. The van der Waals surface area contributed by atoms with Crippen LogP contribution >= 0.6 is 0 Å². The number of aryl methyl sites for hydroxylation is 1. The van der Waals surface area contributed by atoms with Crippen molar-refractivity contribution in [2.24, 2.45) is 0 Å². The quantitative estimate of drug-likeness (QED) is 0.777. The fourth-order valence-electron chi connectivity index (χ4n) is 2.87.